The Morgan fingerprint density at radius 1 is 0.971 bits per heavy atom. The Labute approximate surface area is 206 Å². The zero-order chi connectivity index (χ0) is 25.3. The van der Waals surface area contributed by atoms with Gasteiger partial charge in [0.05, 0.1) is 24.9 Å². The highest BCUT2D eigenvalue weighted by Crippen LogP contribution is 2.37. The number of carbonyl (C=O) groups excluding carboxylic acids is 2. The van der Waals surface area contributed by atoms with Crippen LogP contribution in [0.4, 0.5) is 5.69 Å². The van der Waals surface area contributed by atoms with Gasteiger partial charge in [-0.25, -0.2) is 4.79 Å². The van der Waals surface area contributed by atoms with Crippen molar-refractivity contribution in [2.45, 2.75) is 34.6 Å². The maximum Gasteiger partial charge on any atom is 0.340 e. The molecular weight excluding hydrogens is 440 g/mol. The van der Waals surface area contributed by atoms with Gasteiger partial charge in [-0.3, -0.25) is 9.69 Å². The summed E-state index contributed by atoms with van der Waals surface area (Å²) in [6.07, 6.45) is 1.80. The predicted molar refractivity (Wildman–Crippen MR) is 138 cm³/mol. The van der Waals surface area contributed by atoms with Gasteiger partial charge in [0.15, 0.2) is 0 Å². The van der Waals surface area contributed by atoms with Crippen molar-refractivity contribution in [2.75, 3.05) is 18.6 Å². The molecule has 0 atom stereocenters. The van der Waals surface area contributed by atoms with E-state index in [0.29, 0.717) is 22.7 Å². The molecule has 3 aromatic rings. The monoisotopic (exact) mass is 470 g/mol. The lowest BCUT2D eigenvalue weighted by atomic mass is 10.0. The second kappa shape index (κ2) is 9.66. The van der Waals surface area contributed by atoms with E-state index in [9.17, 15) is 9.59 Å². The van der Waals surface area contributed by atoms with Crippen molar-refractivity contribution in [2.24, 2.45) is 0 Å². The van der Waals surface area contributed by atoms with Crippen LogP contribution in [0.1, 0.15) is 36.4 Å². The van der Waals surface area contributed by atoms with Gasteiger partial charge in [0.2, 0.25) is 0 Å². The lowest BCUT2D eigenvalue weighted by molar-refractivity contribution is -0.138. The van der Waals surface area contributed by atoms with Gasteiger partial charge in [0, 0.05) is 28.5 Å². The first-order valence-corrected chi connectivity index (χ1v) is 11.6. The topological polar surface area (TPSA) is 60.8 Å². The Kier molecular flexibility index (Phi) is 6.65. The van der Waals surface area contributed by atoms with E-state index in [2.05, 4.69) is 29.7 Å². The number of allylic oxidation sites excluding steroid dienone is 1. The zero-order valence-electron chi connectivity index (χ0n) is 21.0. The normalized spacial score (nSPS) is 14.7. The van der Waals surface area contributed by atoms with E-state index < -0.39 is 5.97 Å². The average molecular weight is 471 g/mol. The van der Waals surface area contributed by atoms with Gasteiger partial charge in [-0.1, -0.05) is 12.1 Å². The molecule has 0 unspecified atom stereocenters. The second-order valence-corrected chi connectivity index (χ2v) is 8.58. The lowest BCUT2D eigenvalue weighted by Gasteiger charge is -2.18. The molecule has 6 nitrogen and oxygen atoms in total. The number of esters is 1. The molecular formula is C29H30N2O4. The minimum atomic E-state index is -0.506. The number of hydrogen-bond donors (Lipinski definition) is 0. The van der Waals surface area contributed by atoms with E-state index in [0.717, 1.165) is 22.6 Å². The van der Waals surface area contributed by atoms with Gasteiger partial charge in [-0.15, -0.1) is 0 Å². The van der Waals surface area contributed by atoms with Crippen LogP contribution >= 0.6 is 0 Å². The van der Waals surface area contributed by atoms with Crippen molar-refractivity contribution in [3.05, 3.63) is 94.0 Å². The molecule has 180 valence electrons. The Balaban J connectivity index is 1.83. The highest BCUT2D eigenvalue weighted by Gasteiger charge is 2.38. The molecule has 0 radical (unpaired) electrons. The van der Waals surface area contributed by atoms with Gasteiger partial charge >= 0.3 is 5.97 Å². The molecule has 4 rings (SSSR count). The molecule has 0 aliphatic carbocycles. The largest absolute Gasteiger partial charge is 0.497 e. The Hall–Kier alpha value is -4.06. The molecule has 0 N–H and O–H groups in total. The summed E-state index contributed by atoms with van der Waals surface area (Å²) >= 11 is 0. The van der Waals surface area contributed by atoms with Crippen LogP contribution in [0.3, 0.4) is 0 Å². The van der Waals surface area contributed by atoms with Crippen LogP contribution < -0.4 is 9.64 Å². The SMILES string of the molecule is CCOC(=O)C1=C(C)N(c2ccc(OC)cc2)C(=O)/C1=C\c1cc(C)n(-c2cccc(C)c2)c1C. The number of aromatic nitrogens is 1. The summed E-state index contributed by atoms with van der Waals surface area (Å²) in [5, 5.41) is 0. The molecule has 35 heavy (non-hydrogen) atoms. The number of rotatable bonds is 6. The van der Waals surface area contributed by atoms with Crippen molar-refractivity contribution >= 4 is 23.6 Å². The smallest absolute Gasteiger partial charge is 0.340 e. The zero-order valence-corrected chi connectivity index (χ0v) is 21.0. The Morgan fingerprint density at radius 2 is 1.69 bits per heavy atom. The van der Waals surface area contributed by atoms with Crippen LogP contribution in [0.25, 0.3) is 11.8 Å². The summed E-state index contributed by atoms with van der Waals surface area (Å²) in [6, 6.07) is 17.5. The minimum absolute atomic E-state index is 0.224. The lowest BCUT2D eigenvalue weighted by Crippen LogP contribution is -2.24. The minimum Gasteiger partial charge on any atom is -0.497 e. The first-order chi connectivity index (χ1) is 16.8. The number of methoxy groups -OCH3 is 1. The quantitative estimate of drug-likeness (QED) is 0.344. The number of nitrogens with zero attached hydrogens (tertiary/aromatic N) is 2. The molecule has 1 aromatic heterocycles. The van der Waals surface area contributed by atoms with Crippen LogP contribution in [-0.4, -0.2) is 30.2 Å². The highest BCUT2D eigenvalue weighted by molar-refractivity contribution is 6.23. The number of anilines is 1. The fourth-order valence-corrected chi connectivity index (χ4v) is 4.58. The summed E-state index contributed by atoms with van der Waals surface area (Å²) in [6.45, 7) is 9.86. The van der Waals surface area contributed by atoms with E-state index in [1.807, 2.05) is 26.0 Å². The molecule has 0 bridgehead atoms. The fraction of sp³-hybridized carbons (Fsp3) is 0.241. The molecule has 0 saturated carbocycles. The van der Waals surface area contributed by atoms with E-state index in [4.69, 9.17) is 9.47 Å². The highest BCUT2D eigenvalue weighted by atomic mass is 16.5. The van der Waals surface area contributed by atoms with Crippen LogP contribution in [-0.2, 0) is 14.3 Å². The molecule has 1 aliphatic heterocycles. The summed E-state index contributed by atoms with van der Waals surface area (Å²) in [5.41, 5.74) is 6.92. The van der Waals surface area contributed by atoms with Crippen LogP contribution in [0.2, 0.25) is 0 Å². The van der Waals surface area contributed by atoms with Gasteiger partial charge in [0.25, 0.3) is 5.91 Å². The molecule has 2 heterocycles. The van der Waals surface area contributed by atoms with Gasteiger partial charge in [-0.2, -0.15) is 0 Å². The van der Waals surface area contributed by atoms with Crippen molar-refractivity contribution < 1.29 is 19.1 Å². The molecule has 0 spiro atoms. The van der Waals surface area contributed by atoms with Gasteiger partial charge in [0.1, 0.15) is 5.75 Å². The van der Waals surface area contributed by atoms with Crippen molar-refractivity contribution in [1.82, 2.24) is 4.57 Å². The van der Waals surface area contributed by atoms with Crippen molar-refractivity contribution in [1.29, 1.82) is 0 Å². The van der Waals surface area contributed by atoms with Crippen LogP contribution in [0.15, 0.2) is 71.4 Å². The molecule has 0 fully saturated rings. The predicted octanol–water partition coefficient (Wildman–Crippen LogP) is 5.68. The summed E-state index contributed by atoms with van der Waals surface area (Å²) < 4.78 is 12.7. The van der Waals surface area contributed by atoms with Crippen LogP contribution in [0, 0.1) is 20.8 Å². The summed E-state index contributed by atoms with van der Waals surface area (Å²) in [7, 11) is 1.59. The van der Waals surface area contributed by atoms with E-state index in [-0.39, 0.29) is 18.1 Å². The van der Waals surface area contributed by atoms with Crippen LogP contribution in [0.5, 0.6) is 5.75 Å². The number of aryl methyl sites for hydroxylation is 2. The first-order valence-electron chi connectivity index (χ1n) is 11.6. The number of carbonyl (C=O) groups is 2. The van der Waals surface area contributed by atoms with E-state index in [1.54, 1.807) is 56.2 Å². The average Bonchev–Trinajstić information content (AvgIpc) is 3.25. The summed E-state index contributed by atoms with van der Waals surface area (Å²) in [4.78, 5) is 28.2. The maximum absolute atomic E-state index is 13.7. The van der Waals surface area contributed by atoms with Crippen molar-refractivity contribution in [3.63, 3.8) is 0 Å². The third kappa shape index (κ3) is 4.39. The second-order valence-electron chi connectivity index (χ2n) is 8.58. The fourth-order valence-electron chi connectivity index (χ4n) is 4.58. The maximum atomic E-state index is 13.7. The van der Waals surface area contributed by atoms with E-state index >= 15 is 0 Å². The Bertz CT molecular complexity index is 1360. The molecule has 0 saturated heterocycles. The molecule has 6 heteroatoms. The third-order valence-corrected chi connectivity index (χ3v) is 6.24. The van der Waals surface area contributed by atoms with E-state index in [1.165, 1.54) is 5.56 Å². The number of ether oxygens (including phenoxy) is 2. The summed E-state index contributed by atoms with van der Waals surface area (Å²) in [5.74, 6) is -0.0869. The number of benzene rings is 2. The first kappa shape index (κ1) is 24.1. The van der Waals surface area contributed by atoms with Crippen molar-refractivity contribution in [3.8, 4) is 11.4 Å². The molecule has 1 amide bonds. The van der Waals surface area contributed by atoms with Gasteiger partial charge < -0.3 is 14.0 Å². The standard InChI is InChI=1S/C29H30N2O4/c1-7-35-29(33)27-21(5)31(23-11-13-25(34-6)14-12-23)28(32)26(27)17-22-16-19(3)30(20(22)4)24-10-8-9-18(2)15-24/h8-17H,7H2,1-6H3/b26-17-. The number of hydrogen-bond acceptors (Lipinski definition) is 4. The Morgan fingerprint density at radius 3 is 2.31 bits per heavy atom. The number of amides is 1. The third-order valence-electron chi connectivity index (χ3n) is 6.24. The van der Waals surface area contributed by atoms with Gasteiger partial charge in [-0.05, 0) is 94.3 Å². The molecule has 1 aliphatic rings. The molecule has 2 aromatic carbocycles.